The van der Waals surface area contributed by atoms with Crippen molar-refractivity contribution >= 4 is 23.0 Å². The summed E-state index contributed by atoms with van der Waals surface area (Å²) in [6.07, 6.45) is 4.62. The molecule has 4 aromatic rings. The number of nitrogens with zero attached hydrogens (tertiary/aromatic N) is 3. The van der Waals surface area contributed by atoms with Crippen LogP contribution < -0.4 is 10.2 Å². The van der Waals surface area contributed by atoms with Crippen LogP contribution in [0.15, 0.2) is 73.1 Å². The SMILES string of the molecule is O=Cc1c(N2CCNCC2)n(-c2ccc(-c3ccncc3)cc2)c2ccccc12. The molecular formula is C24H22N4O. The Hall–Kier alpha value is -3.44. The van der Waals surface area contributed by atoms with Gasteiger partial charge in [-0.1, -0.05) is 30.3 Å². The van der Waals surface area contributed by atoms with Crippen LogP contribution in [0.2, 0.25) is 0 Å². The highest BCUT2D eigenvalue weighted by Gasteiger charge is 2.23. The van der Waals surface area contributed by atoms with Gasteiger partial charge in [-0.25, -0.2) is 0 Å². The summed E-state index contributed by atoms with van der Waals surface area (Å²) in [6.45, 7) is 3.60. The third-order valence-corrected chi connectivity index (χ3v) is 5.56. The lowest BCUT2D eigenvalue weighted by molar-refractivity contribution is 0.112. The highest BCUT2D eigenvalue weighted by Crippen LogP contribution is 2.35. The Bertz CT molecular complexity index is 1140. The Morgan fingerprint density at radius 3 is 2.28 bits per heavy atom. The predicted octanol–water partition coefficient (Wildman–Crippen LogP) is 3.91. The second-order valence-electron chi connectivity index (χ2n) is 7.23. The zero-order valence-corrected chi connectivity index (χ0v) is 16.1. The van der Waals surface area contributed by atoms with E-state index in [2.05, 4.69) is 50.1 Å². The number of nitrogens with one attached hydrogen (secondary N) is 1. The number of carbonyl (C=O) groups is 1. The molecule has 5 heteroatoms. The number of piperazine rings is 1. The lowest BCUT2D eigenvalue weighted by Crippen LogP contribution is -2.44. The lowest BCUT2D eigenvalue weighted by Gasteiger charge is -2.31. The molecular weight excluding hydrogens is 360 g/mol. The normalized spacial score (nSPS) is 14.3. The second-order valence-corrected chi connectivity index (χ2v) is 7.23. The molecule has 2 aromatic heterocycles. The number of anilines is 1. The van der Waals surface area contributed by atoms with Gasteiger partial charge in [-0.05, 0) is 41.5 Å². The van der Waals surface area contributed by atoms with Crippen molar-refractivity contribution in [3.05, 3.63) is 78.6 Å². The molecule has 0 saturated carbocycles. The number of benzene rings is 2. The van der Waals surface area contributed by atoms with Crippen LogP contribution in [0.5, 0.6) is 0 Å². The number of para-hydroxylation sites is 1. The Kier molecular flexibility index (Phi) is 4.58. The topological polar surface area (TPSA) is 50.2 Å². The highest BCUT2D eigenvalue weighted by molar-refractivity contribution is 6.05. The molecule has 0 radical (unpaired) electrons. The maximum Gasteiger partial charge on any atom is 0.154 e. The molecule has 5 nitrogen and oxygen atoms in total. The zero-order valence-electron chi connectivity index (χ0n) is 16.1. The van der Waals surface area contributed by atoms with Crippen LogP contribution in [0.3, 0.4) is 0 Å². The third-order valence-electron chi connectivity index (χ3n) is 5.56. The number of rotatable bonds is 4. The Balaban J connectivity index is 1.68. The summed E-state index contributed by atoms with van der Waals surface area (Å²) < 4.78 is 2.22. The number of aldehydes is 1. The first-order chi connectivity index (χ1) is 14.4. The van der Waals surface area contributed by atoms with E-state index >= 15 is 0 Å². The molecule has 0 bridgehead atoms. The average Bonchev–Trinajstić information content (AvgIpc) is 3.15. The molecule has 1 N–H and O–H groups in total. The molecule has 1 aliphatic rings. The Labute approximate surface area is 169 Å². The molecule has 0 atom stereocenters. The first kappa shape index (κ1) is 17.6. The summed E-state index contributed by atoms with van der Waals surface area (Å²) in [5.41, 5.74) is 5.16. The first-order valence-electron chi connectivity index (χ1n) is 9.92. The standard InChI is InChI=1S/C24H22N4O/c29-17-22-21-3-1-2-4-23(21)28(24(22)27-15-13-26-14-16-27)20-7-5-18(6-8-20)19-9-11-25-12-10-19/h1-12,17,26H,13-16H2. The largest absolute Gasteiger partial charge is 0.355 e. The molecule has 29 heavy (non-hydrogen) atoms. The van der Waals surface area contributed by atoms with Gasteiger partial charge in [0.05, 0.1) is 11.1 Å². The van der Waals surface area contributed by atoms with Crippen LogP contribution in [0.1, 0.15) is 10.4 Å². The van der Waals surface area contributed by atoms with Gasteiger partial charge in [0.15, 0.2) is 6.29 Å². The van der Waals surface area contributed by atoms with E-state index < -0.39 is 0 Å². The minimum atomic E-state index is 0.765. The van der Waals surface area contributed by atoms with E-state index in [0.29, 0.717) is 0 Å². The van der Waals surface area contributed by atoms with Crippen LogP contribution in [-0.2, 0) is 0 Å². The fourth-order valence-corrected chi connectivity index (χ4v) is 4.16. The van der Waals surface area contributed by atoms with E-state index in [1.54, 1.807) is 0 Å². The fourth-order valence-electron chi connectivity index (χ4n) is 4.16. The van der Waals surface area contributed by atoms with Gasteiger partial charge in [-0.3, -0.25) is 14.3 Å². The number of hydrogen-bond donors (Lipinski definition) is 1. The number of pyridine rings is 1. The summed E-state index contributed by atoms with van der Waals surface area (Å²) in [5, 5.41) is 4.39. The molecule has 0 unspecified atom stereocenters. The van der Waals surface area contributed by atoms with Crippen molar-refractivity contribution in [1.82, 2.24) is 14.9 Å². The molecule has 1 saturated heterocycles. The number of fused-ring (bicyclic) bond motifs is 1. The molecule has 3 heterocycles. The van der Waals surface area contributed by atoms with Crippen molar-refractivity contribution in [2.45, 2.75) is 0 Å². The van der Waals surface area contributed by atoms with Gasteiger partial charge in [0, 0.05) is 49.6 Å². The van der Waals surface area contributed by atoms with Gasteiger partial charge in [0.1, 0.15) is 5.82 Å². The van der Waals surface area contributed by atoms with E-state index in [0.717, 1.165) is 71.6 Å². The van der Waals surface area contributed by atoms with E-state index in [-0.39, 0.29) is 0 Å². The van der Waals surface area contributed by atoms with Gasteiger partial charge in [-0.2, -0.15) is 0 Å². The molecule has 144 valence electrons. The maximum absolute atomic E-state index is 12.1. The summed E-state index contributed by atoms with van der Waals surface area (Å²) in [5.74, 6) is 0.986. The summed E-state index contributed by atoms with van der Waals surface area (Å²) in [4.78, 5) is 18.5. The minimum absolute atomic E-state index is 0.765. The van der Waals surface area contributed by atoms with Gasteiger partial charge in [0.2, 0.25) is 0 Å². The van der Waals surface area contributed by atoms with E-state index in [9.17, 15) is 4.79 Å². The number of hydrogen-bond acceptors (Lipinski definition) is 4. The van der Waals surface area contributed by atoms with Crippen molar-refractivity contribution in [2.24, 2.45) is 0 Å². The summed E-state index contributed by atoms with van der Waals surface area (Å²) in [6, 6.07) is 20.7. The van der Waals surface area contributed by atoms with Crippen LogP contribution in [0.25, 0.3) is 27.7 Å². The van der Waals surface area contributed by atoms with E-state index in [1.165, 1.54) is 0 Å². The maximum atomic E-state index is 12.1. The van der Waals surface area contributed by atoms with Crippen molar-refractivity contribution in [1.29, 1.82) is 0 Å². The highest BCUT2D eigenvalue weighted by atomic mass is 16.1. The minimum Gasteiger partial charge on any atom is -0.355 e. The van der Waals surface area contributed by atoms with Gasteiger partial charge in [0.25, 0.3) is 0 Å². The van der Waals surface area contributed by atoms with Crippen LogP contribution in [0, 0.1) is 0 Å². The van der Waals surface area contributed by atoms with Crippen molar-refractivity contribution in [2.75, 3.05) is 31.1 Å². The fraction of sp³-hybridized carbons (Fsp3) is 0.167. The molecule has 1 aliphatic heterocycles. The lowest BCUT2D eigenvalue weighted by atomic mass is 10.1. The third kappa shape index (κ3) is 3.09. The Morgan fingerprint density at radius 1 is 0.862 bits per heavy atom. The Morgan fingerprint density at radius 2 is 1.55 bits per heavy atom. The van der Waals surface area contributed by atoms with Crippen molar-refractivity contribution in [3.8, 4) is 16.8 Å². The van der Waals surface area contributed by atoms with Gasteiger partial charge in [-0.15, -0.1) is 0 Å². The molecule has 0 spiro atoms. The number of aromatic nitrogens is 2. The second kappa shape index (κ2) is 7.53. The van der Waals surface area contributed by atoms with Gasteiger partial charge >= 0.3 is 0 Å². The molecule has 5 rings (SSSR count). The molecule has 0 amide bonds. The van der Waals surface area contributed by atoms with E-state index in [4.69, 9.17) is 0 Å². The van der Waals surface area contributed by atoms with Crippen LogP contribution >= 0.6 is 0 Å². The monoisotopic (exact) mass is 382 g/mol. The summed E-state index contributed by atoms with van der Waals surface area (Å²) >= 11 is 0. The van der Waals surface area contributed by atoms with E-state index in [1.807, 2.05) is 42.7 Å². The summed E-state index contributed by atoms with van der Waals surface area (Å²) in [7, 11) is 0. The quantitative estimate of drug-likeness (QED) is 0.544. The zero-order chi connectivity index (χ0) is 19.6. The average molecular weight is 382 g/mol. The smallest absolute Gasteiger partial charge is 0.154 e. The van der Waals surface area contributed by atoms with Crippen molar-refractivity contribution in [3.63, 3.8) is 0 Å². The molecule has 1 fully saturated rings. The first-order valence-corrected chi connectivity index (χ1v) is 9.92. The number of carbonyl (C=O) groups excluding carboxylic acids is 1. The predicted molar refractivity (Wildman–Crippen MR) is 117 cm³/mol. The van der Waals surface area contributed by atoms with Gasteiger partial charge < -0.3 is 10.2 Å². The molecule has 2 aromatic carbocycles. The van der Waals surface area contributed by atoms with Crippen LogP contribution in [0.4, 0.5) is 5.82 Å². The molecule has 0 aliphatic carbocycles. The van der Waals surface area contributed by atoms with Crippen LogP contribution in [-0.4, -0.2) is 42.0 Å². The van der Waals surface area contributed by atoms with Crippen molar-refractivity contribution < 1.29 is 4.79 Å².